The minimum absolute atomic E-state index is 0.0152. The summed E-state index contributed by atoms with van der Waals surface area (Å²) in [4.78, 5) is 32.2. The fourth-order valence-corrected chi connectivity index (χ4v) is 2.24. The third-order valence-corrected chi connectivity index (χ3v) is 3.11. The number of carboxylic acid groups (broad SMARTS) is 1. The number of carboxylic acids is 1. The summed E-state index contributed by atoms with van der Waals surface area (Å²) in [6.07, 6.45) is 6.95. The van der Waals surface area contributed by atoms with Gasteiger partial charge in [0.15, 0.2) is 0 Å². The van der Waals surface area contributed by atoms with E-state index >= 15 is 0 Å². The number of carbonyl (C=O) groups is 2. The van der Waals surface area contributed by atoms with Crippen molar-refractivity contribution in [2.45, 2.75) is 31.7 Å². The molecule has 2 rings (SSSR count). The zero-order chi connectivity index (χ0) is 13.7. The van der Waals surface area contributed by atoms with Gasteiger partial charge >= 0.3 is 12.0 Å². The van der Waals surface area contributed by atoms with E-state index in [0.717, 1.165) is 19.3 Å². The molecule has 102 valence electrons. The van der Waals surface area contributed by atoms with Gasteiger partial charge in [-0.15, -0.1) is 0 Å². The molecule has 1 atom stereocenters. The van der Waals surface area contributed by atoms with Crippen LogP contribution in [0.3, 0.4) is 0 Å². The molecule has 1 saturated heterocycles. The predicted octanol–water partition coefficient (Wildman–Crippen LogP) is 1.34. The predicted molar refractivity (Wildman–Crippen MR) is 67.6 cm³/mol. The number of likely N-dealkylation sites (tertiary alicyclic amines) is 1. The quantitative estimate of drug-likeness (QED) is 0.858. The Morgan fingerprint density at radius 2 is 2.11 bits per heavy atom. The molecule has 0 saturated carbocycles. The van der Waals surface area contributed by atoms with Crippen molar-refractivity contribution < 1.29 is 14.7 Å². The molecule has 7 nitrogen and oxygen atoms in total. The van der Waals surface area contributed by atoms with Crippen LogP contribution in [-0.4, -0.2) is 44.6 Å². The lowest BCUT2D eigenvalue weighted by Gasteiger charge is -2.34. The Kier molecular flexibility index (Phi) is 4.27. The number of nitrogens with zero attached hydrogens (tertiary/aromatic N) is 3. The second kappa shape index (κ2) is 6.12. The molecule has 7 heteroatoms. The number of rotatable bonds is 3. The Morgan fingerprint density at radius 3 is 2.79 bits per heavy atom. The van der Waals surface area contributed by atoms with Crippen molar-refractivity contribution >= 4 is 17.7 Å². The van der Waals surface area contributed by atoms with Gasteiger partial charge in [-0.2, -0.15) is 0 Å². The lowest BCUT2D eigenvalue weighted by atomic mass is 10.00. The Bertz CT molecular complexity index is 452. The molecule has 0 radical (unpaired) electrons. The number of urea groups is 1. The van der Waals surface area contributed by atoms with E-state index in [1.807, 2.05) is 0 Å². The minimum Gasteiger partial charge on any atom is -0.481 e. The first-order valence-corrected chi connectivity index (χ1v) is 6.21. The molecule has 1 unspecified atom stereocenters. The molecule has 0 bridgehead atoms. The molecule has 2 N–H and O–H groups in total. The molecule has 0 spiro atoms. The Balaban J connectivity index is 2.01. The largest absolute Gasteiger partial charge is 0.481 e. The van der Waals surface area contributed by atoms with Crippen LogP contribution in [0.15, 0.2) is 18.7 Å². The standard InChI is InChI=1S/C12H16N4O3/c17-11(18)5-10-3-1-2-4-16(10)12(19)15-9-6-13-8-14-7-9/h6-8,10H,1-5H2,(H,15,19)(H,17,18). The molecular formula is C12H16N4O3. The number of anilines is 1. The lowest BCUT2D eigenvalue weighted by molar-refractivity contribution is -0.138. The first-order chi connectivity index (χ1) is 9.16. The van der Waals surface area contributed by atoms with Crippen molar-refractivity contribution in [1.82, 2.24) is 14.9 Å². The minimum atomic E-state index is -0.882. The number of aromatic nitrogens is 2. The average molecular weight is 264 g/mol. The van der Waals surface area contributed by atoms with E-state index < -0.39 is 5.97 Å². The summed E-state index contributed by atoms with van der Waals surface area (Å²) in [5, 5.41) is 11.6. The summed E-state index contributed by atoms with van der Waals surface area (Å²) in [6.45, 7) is 0.581. The molecule has 1 aliphatic heterocycles. The van der Waals surface area contributed by atoms with Crippen molar-refractivity contribution in [2.75, 3.05) is 11.9 Å². The van der Waals surface area contributed by atoms with Crippen LogP contribution in [0.1, 0.15) is 25.7 Å². The summed E-state index contributed by atoms with van der Waals surface area (Å²) >= 11 is 0. The zero-order valence-electron chi connectivity index (χ0n) is 10.5. The fraction of sp³-hybridized carbons (Fsp3) is 0.500. The average Bonchev–Trinajstić information content (AvgIpc) is 2.39. The van der Waals surface area contributed by atoms with E-state index in [9.17, 15) is 9.59 Å². The highest BCUT2D eigenvalue weighted by Crippen LogP contribution is 2.20. The molecule has 19 heavy (non-hydrogen) atoms. The maximum atomic E-state index is 12.1. The molecule has 0 aliphatic carbocycles. The van der Waals surface area contributed by atoms with Crippen LogP contribution in [0.5, 0.6) is 0 Å². The second-order valence-electron chi connectivity index (χ2n) is 4.50. The van der Waals surface area contributed by atoms with Crippen LogP contribution in [0.25, 0.3) is 0 Å². The first-order valence-electron chi connectivity index (χ1n) is 6.21. The summed E-state index contributed by atoms with van der Waals surface area (Å²) in [5.41, 5.74) is 0.507. The fourth-order valence-electron chi connectivity index (χ4n) is 2.24. The highest BCUT2D eigenvalue weighted by Gasteiger charge is 2.28. The highest BCUT2D eigenvalue weighted by atomic mass is 16.4. The molecule has 1 aromatic heterocycles. The van der Waals surface area contributed by atoms with Gasteiger partial charge in [-0.3, -0.25) is 4.79 Å². The molecule has 2 amide bonds. The number of aliphatic carboxylic acids is 1. The molecule has 2 heterocycles. The van der Waals surface area contributed by atoms with E-state index in [-0.39, 0.29) is 18.5 Å². The summed E-state index contributed by atoms with van der Waals surface area (Å²) in [5.74, 6) is -0.882. The van der Waals surface area contributed by atoms with E-state index in [1.165, 1.54) is 18.7 Å². The smallest absolute Gasteiger partial charge is 0.322 e. The molecule has 1 aliphatic rings. The SMILES string of the molecule is O=C(O)CC1CCCCN1C(=O)Nc1cncnc1. The van der Waals surface area contributed by atoms with Gasteiger partial charge in [0.25, 0.3) is 0 Å². The summed E-state index contributed by atoms with van der Waals surface area (Å²) in [6, 6.07) is -0.531. The number of carbonyl (C=O) groups excluding carboxylic acids is 1. The topological polar surface area (TPSA) is 95.4 Å². The zero-order valence-corrected chi connectivity index (χ0v) is 10.5. The Morgan fingerprint density at radius 1 is 1.37 bits per heavy atom. The number of nitrogens with one attached hydrogen (secondary N) is 1. The molecule has 0 aromatic carbocycles. The first kappa shape index (κ1) is 13.3. The Hall–Kier alpha value is -2.18. The maximum Gasteiger partial charge on any atom is 0.322 e. The number of hydrogen-bond acceptors (Lipinski definition) is 4. The van der Waals surface area contributed by atoms with Crippen LogP contribution in [-0.2, 0) is 4.79 Å². The molecule has 1 aromatic rings. The van der Waals surface area contributed by atoms with Crippen LogP contribution in [0, 0.1) is 0 Å². The summed E-state index contributed by atoms with van der Waals surface area (Å²) in [7, 11) is 0. The van der Waals surface area contributed by atoms with Gasteiger partial charge in [0, 0.05) is 12.6 Å². The van der Waals surface area contributed by atoms with E-state index in [1.54, 1.807) is 4.90 Å². The number of amides is 2. The van der Waals surface area contributed by atoms with Crippen molar-refractivity contribution in [1.29, 1.82) is 0 Å². The van der Waals surface area contributed by atoms with Crippen molar-refractivity contribution in [3.8, 4) is 0 Å². The van der Waals surface area contributed by atoms with Gasteiger partial charge in [-0.05, 0) is 19.3 Å². The van der Waals surface area contributed by atoms with Gasteiger partial charge < -0.3 is 15.3 Å². The van der Waals surface area contributed by atoms with Crippen LogP contribution >= 0.6 is 0 Å². The van der Waals surface area contributed by atoms with Crippen molar-refractivity contribution in [3.05, 3.63) is 18.7 Å². The number of hydrogen-bond donors (Lipinski definition) is 2. The Labute approximate surface area is 110 Å². The lowest BCUT2D eigenvalue weighted by Crippen LogP contribution is -2.46. The number of piperidine rings is 1. The van der Waals surface area contributed by atoms with Gasteiger partial charge in [-0.1, -0.05) is 0 Å². The van der Waals surface area contributed by atoms with Crippen LogP contribution in [0.4, 0.5) is 10.5 Å². The normalized spacial score (nSPS) is 18.9. The van der Waals surface area contributed by atoms with E-state index in [2.05, 4.69) is 15.3 Å². The van der Waals surface area contributed by atoms with E-state index in [0.29, 0.717) is 12.2 Å². The van der Waals surface area contributed by atoms with Gasteiger partial charge in [-0.25, -0.2) is 14.8 Å². The van der Waals surface area contributed by atoms with Gasteiger partial charge in [0.2, 0.25) is 0 Å². The van der Waals surface area contributed by atoms with Crippen molar-refractivity contribution in [2.24, 2.45) is 0 Å². The summed E-state index contributed by atoms with van der Waals surface area (Å²) < 4.78 is 0. The maximum absolute atomic E-state index is 12.1. The monoisotopic (exact) mass is 264 g/mol. The third kappa shape index (κ3) is 3.64. The molecule has 1 fully saturated rings. The molecular weight excluding hydrogens is 248 g/mol. The highest BCUT2D eigenvalue weighted by molar-refractivity contribution is 5.89. The van der Waals surface area contributed by atoms with Crippen LogP contribution in [0.2, 0.25) is 0 Å². The van der Waals surface area contributed by atoms with Crippen molar-refractivity contribution in [3.63, 3.8) is 0 Å². The second-order valence-corrected chi connectivity index (χ2v) is 4.50. The van der Waals surface area contributed by atoms with Gasteiger partial charge in [0.1, 0.15) is 6.33 Å². The van der Waals surface area contributed by atoms with Gasteiger partial charge in [0.05, 0.1) is 24.5 Å². The van der Waals surface area contributed by atoms with Crippen LogP contribution < -0.4 is 5.32 Å². The van der Waals surface area contributed by atoms with E-state index in [4.69, 9.17) is 5.11 Å². The third-order valence-electron chi connectivity index (χ3n) is 3.11.